The molecule has 0 saturated carbocycles. The van der Waals surface area contributed by atoms with Gasteiger partial charge in [-0.2, -0.15) is 0 Å². The van der Waals surface area contributed by atoms with E-state index in [2.05, 4.69) is 15.9 Å². The lowest BCUT2D eigenvalue weighted by Gasteiger charge is -2.07. The number of aryl methyl sites for hydroxylation is 1. The summed E-state index contributed by atoms with van der Waals surface area (Å²) in [5.74, 6) is -2.67. The van der Waals surface area contributed by atoms with Gasteiger partial charge in [0.05, 0.1) is 16.2 Å². The van der Waals surface area contributed by atoms with Crippen LogP contribution in [-0.4, -0.2) is 19.5 Å². The Morgan fingerprint density at radius 1 is 1.38 bits per heavy atom. The molecule has 0 bridgehead atoms. The first-order chi connectivity index (χ1) is 9.70. The van der Waals surface area contributed by atoms with Crippen LogP contribution in [0, 0.1) is 12.7 Å². The molecule has 0 atom stereocenters. The highest BCUT2D eigenvalue weighted by atomic mass is 79.9. The molecule has 112 valence electrons. The summed E-state index contributed by atoms with van der Waals surface area (Å²) in [5.41, 5.74) is -0.651. The van der Waals surface area contributed by atoms with Gasteiger partial charge in [-0.25, -0.2) is 17.6 Å². The van der Waals surface area contributed by atoms with E-state index in [9.17, 15) is 17.6 Å². The average molecular weight is 393 g/mol. The van der Waals surface area contributed by atoms with Gasteiger partial charge in [0.15, 0.2) is 9.84 Å². The van der Waals surface area contributed by atoms with Gasteiger partial charge in [0, 0.05) is 14.7 Å². The normalized spacial score (nSPS) is 11.6. The van der Waals surface area contributed by atoms with Gasteiger partial charge in [0.25, 0.3) is 0 Å². The zero-order valence-electron chi connectivity index (χ0n) is 10.8. The van der Waals surface area contributed by atoms with Crippen LogP contribution in [0.15, 0.2) is 32.9 Å². The maximum atomic E-state index is 13.7. The van der Waals surface area contributed by atoms with Gasteiger partial charge in [0.1, 0.15) is 5.82 Å². The first-order valence-electron chi connectivity index (χ1n) is 5.70. The summed E-state index contributed by atoms with van der Waals surface area (Å²) in [5, 5.41) is 10.7. The maximum Gasteiger partial charge on any atom is 0.338 e. The molecule has 0 fully saturated rings. The highest BCUT2D eigenvalue weighted by molar-refractivity contribution is 9.10. The van der Waals surface area contributed by atoms with Crippen molar-refractivity contribution in [2.24, 2.45) is 0 Å². The Morgan fingerprint density at radius 2 is 2.05 bits per heavy atom. The number of aromatic carboxylic acids is 1. The van der Waals surface area contributed by atoms with E-state index in [0.29, 0.717) is 4.88 Å². The summed E-state index contributed by atoms with van der Waals surface area (Å²) in [6, 6.07) is 3.69. The third-order valence-corrected chi connectivity index (χ3v) is 6.30. The predicted molar refractivity (Wildman–Crippen MR) is 81.0 cm³/mol. The van der Waals surface area contributed by atoms with Crippen LogP contribution in [0.4, 0.5) is 4.39 Å². The van der Waals surface area contributed by atoms with Crippen LogP contribution in [0.2, 0.25) is 0 Å². The fourth-order valence-electron chi connectivity index (χ4n) is 1.77. The van der Waals surface area contributed by atoms with Gasteiger partial charge in [-0.3, -0.25) is 0 Å². The van der Waals surface area contributed by atoms with E-state index >= 15 is 0 Å². The molecule has 1 heterocycles. The third-order valence-electron chi connectivity index (χ3n) is 2.77. The SMILES string of the molecule is Cc1cc(S(=O)(=O)Cc2cc(Br)cs2)cc(C(=O)O)c1F. The highest BCUT2D eigenvalue weighted by Gasteiger charge is 2.22. The molecule has 1 aromatic carbocycles. The molecule has 0 aliphatic carbocycles. The summed E-state index contributed by atoms with van der Waals surface area (Å²) >= 11 is 4.51. The second-order valence-electron chi connectivity index (χ2n) is 4.40. The van der Waals surface area contributed by atoms with Crippen molar-refractivity contribution >= 4 is 43.1 Å². The van der Waals surface area contributed by atoms with Gasteiger partial charge in [0.2, 0.25) is 0 Å². The molecule has 0 radical (unpaired) electrons. The Labute approximate surface area is 133 Å². The lowest BCUT2D eigenvalue weighted by atomic mass is 10.1. The Bertz CT molecular complexity index is 812. The molecule has 0 aliphatic heterocycles. The number of carboxylic acid groups (broad SMARTS) is 1. The lowest BCUT2D eigenvalue weighted by molar-refractivity contribution is 0.0691. The van der Waals surface area contributed by atoms with E-state index in [0.717, 1.165) is 16.6 Å². The molecule has 4 nitrogen and oxygen atoms in total. The topological polar surface area (TPSA) is 71.4 Å². The van der Waals surface area contributed by atoms with Crippen LogP contribution in [-0.2, 0) is 15.6 Å². The van der Waals surface area contributed by atoms with E-state index in [-0.39, 0.29) is 16.2 Å². The van der Waals surface area contributed by atoms with Crippen molar-refractivity contribution in [1.82, 2.24) is 0 Å². The second kappa shape index (κ2) is 5.86. The van der Waals surface area contributed by atoms with Crippen LogP contribution in [0.3, 0.4) is 0 Å². The maximum absolute atomic E-state index is 13.7. The Hall–Kier alpha value is -1.25. The summed E-state index contributed by atoms with van der Waals surface area (Å²) in [7, 11) is -3.74. The van der Waals surface area contributed by atoms with Crippen LogP contribution in [0.1, 0.15) is 20.8 Å². The van der Waals surface area contributed by atoms with Crippen molar-refractivity contribution in [2.45, 2.75) is 17.6 Å². The number of benzene rings is 1. The average Bonchev–Trinajstić information content (AvgIpc) is 2.76. The molecule has 0 saturated heterocycles. The van der Waals surface area contributed by atoms with Crippen molar-refractivity contribution in [2.75, 3.05) is 0 Å². The molecule has 0 aliphatic rings. The van der Waals surface area contributed by atoms with Crippen LogP contribution < -0.4 is 0 Å². The smallest absolute Gasteiger partial charge is 0.338 e. The quantitative estimate of drug-likeness (QED) is 0.806. The molecule has 0 spiro atoms. The van der Waals surface area contributed by atoms with E-state index in [1.54, 1.807) is 11.4 Å². The second-order valence-corrected chi connectivity index (χ2v) is 8.30. The molecule has 2 rings (SSSR count). The van der Waals surface area contributed by atoms with E-state index in [4.69, 9.17) is 5.11 Å². The molecule has 1 aromatic heterocycles. The minimum absolute atomic E-state index is 0.0131. The molecule has 1 N–H and O–H groups in total. The van der Waals surface area contributed by atoms with E-state index in [1.165, 1.54) is 18.3 Å². The molecular formula is C13H10BrFO4S2. The number of thiophene rings is 1. The van der Waals surface area contributed by atoms with Crippen molar-refractivity contribution in [3.63, 3.8) is 0 Å². The molecule has 8 heteroatoms. The Kier molecular flexibility index (Phi) is 4.50. The first-order valence-corrected chi connectivity index (χ1v) is 9.02. The van der Waals surface area contributed by atoms with Crippen LogP contribution in [0.5, 0.6) is 0 Å². The molecular weight excluding hydrogens is 383 g/mol. The summed E-state index contributed by atoms with van der Waals surface area (Å²) in [6.07, 6.45) is 0. The minimum Gasteiger partial charge on any atom is -0.478 e. The van der Waals surface area contributed by atoms with Crippen LogP contribution in [0.25, 0.3) is 0 Å². The zero-order valence-corrected chi connectivity index (χ0v) is 14.0. The van der Waals surface area contributed by atoms with Gasteiger partial charge in [-0.05, 0) is 46.6 Å². The number of hydrogen-bond donors (Lipinski definition) is 1. The summed E-state index contributed by atoms with van der Waals surface area (Å²) < 4.78 is 39.1. The summed E-state index contributed by atoms with van der Waals surface area (Å²) in [4.78, 5) is 11.4. The standard InChI is InChI=1S/C13H10BrFO4S2/c1-7-2-10(4-11(12(7)15)13(16)17)21(18,19)6-9-3-8(14)5-20-9/h2-5H,6H2,1H3,(H,16,17). The van der Waals surface area contributed by atoms with Gasteiger partial charge >= 0.3 is 5.97 Å². The number of carboxylic acids is 1. The number of hydrogen-bond acceptors (Lipinski definition) is 4. The number of carbonyl (C=O) groups is 1. The van der Waals surface area contributed by atoms with Crippen LogP contribution >= 0.6 is 27.3 Å². The zero-order chi connectivity index (χ0) is 15.8. The molecule has 2 aromatic rings. The number of rotatable bonds is 4. The largest absolute Gasteiger partial charge is 0.478 e. The highest BCUT2D eigenvalue weighted by Crippen LogP contribution is 2.26. The summed E-state index contributed by atoms with van der Waals surface area (Å²) in [6.45, 7) is 1.34. The fourth-order valence-corrected chi connectivity index (χ4v) is 5.02. The van der Waals surface area contributed by atoms with Gasteiger partial charge < -0.3 is 5.11 Å². The first kappa shape index (κ1) is 16.1. The predicted octanol–water partition coefficient (Wildman–Crippen LogP) is 3.63. The fraction of sp³-hybridized carbons (Fsp3) is 0.154. The van der Waals surface area contributed by atoms with E-state index < -0.39 is 27.2 Å². The van der Waals surface area contributed by atoms with Gasteiger partial charge in [-0.15, -0.1) is 11.3 Å². The molecule has 0 amide bonds. The number of sulfone groups is 1. The van der Waals surface area contributed by atoms with Crippen molar-refractivity contribution < 1.29 is 22.7 Å². The molecule has 21 heavy (non-hydrogen) atoms. The van der Waals surface area contributed by atoms with Crippen molar-refractivity contribution in [1.29, 1.82) is 0 Å². The molecule has 0 unspecified atom stereocenters. The lowest BCUT2D eigenvalue weighted by Crippen LogP contribution is -2.09. The van der Waals surface area contributed by atoms with E-state index in [1.807, 2.05) is 0 Å². The van der Waals surface area contributed by atoms with Gasteiger partial charge in [-0.1, -0.05) is 0 Å². The van der Waals surface area contributed by atoms with Crippen molar-refractivity contribution in [3.05, 3.63) is 49.9 Å². The van der Waals surface area contributed by atoms with Crippen molar-refractivity contribution in [3.8, 4) is 0 Å². The third kappa shape index (κ3) is 3.50. The number of halogens is 2. The minimum atomic E-state index is -3.74. The Balaban J connectivity index is 2.47. The Morgan fingerprint density at radius 3 is 2.57 bits per heavy atom. The monoisotopic (exact) mass is 392 g/mol.